The molecule has 0 saturated heterocycles. The Morgan fingerprint density at radius 1 is 1.36 bits per heavy atom. The maximum Gasteiger partial charge on any atom is 0.306 e. The largest absolute Gasteiger partial charge is 0.469 e. The number of rotatable bonds is 4. The van der Waals surface area contributed by atoms with Crippen molar-refractivity contribution in [2.24, 2.45) is 11.8 Å². The molecular weight excluding hydrogens is 180 g/mol. The fourth-order valence-corrected chi connectivity index (χ4v) is 2.05. The van der Waals surface area contributed by atoms with Gasteiger partial charge in [-0.3, -0.25) is 9.59 Å². The van der Waals surface area contributed by atoms with E-state index in [0.717, 1.165) is 25.7 Å². The van der Waals surface area contributed by atoms with Gasteiger partial charge in [-0.2, -0.15) is 0 Å². The van der Waals surface area contributed by atoms with E-state index in [-0.39, 0.29) is 30.0 Å². The van der Waals surface area contributed by atoms with Crippen molar-refractivity contribution in [3.05, 3.63) is 0 Å². The number of ketones is 1. The van der Waals surface area contributed by atoms with Gasteiger partial charge in [0.25, 0.3) is 0 Å². The van der Waals surface area contributed by atoms with Gasteiger partial charge in [0.1, 0.15) is 5.78 Å². The number of carbonyl (C=O) groups excluding carboxylic acids is 2. The Balaban J connectivity index is 2.39. The molecule has 1 saturated carbocycles. The summed E-state index contributed by atoms with van der Waals surface area (Å²) in [6.07, 6.45) is 4.54. The van der Waals surface area contributed by atoms with Crippen molar-refractivity contribution < 1.29 is 14.3 Å². The maximum atomic E-state index is 11.8. The van der Waals surface area contributed by atoms with Crippen LogP contribution in [0.5, 0.6) is 0 Å². The summed E-state index contributed by atoms with van der Waals surface area (Å²) >= 11 is 0. The van der Waals surface area contributed by atoms with E-state index in [1.165, 1.54) is 7.11 Å². The van der Waals surface area contributed by atoms with Gasteiger partial charge < -0.3 is 4.74 Å². The van der Waals surface area contributed by atoms with Crippen molar-refractivity contribution in [2.45, 2.75) is 39.0 Å². The molecule has 1 aliphatic carbocycles. The van der Waals surface area contributed by atoms with Gasteiger partial charge in [-0.05, 0) is 12.8 Å². The summed E-state index contributed by atoms with van der Waals surface area (Å²) in [5, 5.41) is 0. The van der Waals surface area contributed by atoms with Crippen LogP contribution >= 0.6 is 0 Å². The molecule has 0 N–H and O–H groups in total. The van der Waals surface area contributed by atoms with E-state index in [0.29, 0.717) is 0 Å². The minimum Gasteiger partial charge on any atom is -0.469 e. The molecule has 1 atom stereocenters. The number of hydrogen-bond acceptors (Lipinski definition) is 3. The van der Waals surface area contributed by atoms with Crippen LogP contribution in [0.4, 0.5) is 0 Å². The lowest BCUT2D eigenvalue weighted by Crippen LogP contribution is -2.22. The third kappa shape index (κ3) is 2.82. The zero-order valence-electron chi connectivity index (χ0n) is 8.91. The summed E-state index contributed by atoms with van der Waals surface area (Å²) in [6, 6.07) is 0. The molecule has 0 radical (unpaired) electrons. The Morgan fingerprint density at radius 3 is 2.43 bits per heavy atom. The maximum absolute atomic E-state index is 11.8. The van der Waals surface area contributed by atoms with Crippen LogP contribution in [0, 0.1) is 11.8 Å². The van der Waals surface area contributed by atoms with Crippen LogP contribution < -0.4 is 0 Å². The Kier molecular flexibility index (Phi) is 4.11. The minimum absolute atomic E-state index is 0.175. The van der Waals surface area contributed by atoms with Gasteiger partial charge in [0, 0.05) is 11.8 Å². The molecule has 0 aromatic heterocycles. The number of Topliss-reactive ketones (excluding diaryl/α,β-unsaturated/α-hetero) is 1. The first kappa shape index (κ1) is 11.2. The van der Waals surface area contributed by atoms with Gasteiger partial charge in [0.2, 0.25) is 0 Å². The predicted octanol–water partition coefficient (Wildman–Crippen LogP) is 1.94. The van der Waals surface area contributed by atoms with E-state index in [1.54, 1.807) is 0 Å². The molecule has 1 fully saturated rings. The Labute approximate surface area is 84.8 Å². The first-order valence-corrected chi connectivity index (χ1v) is 5.25. The lowest BCUT2D eigenvalue weighted by Gasteiger charge is -2.13. The zero-order valence-corrected chi connectivity index (χ0v) is 8.91. The lowest BCUT2D eigenvalue weighted by molar-refractivity contribution is -0.144. The molecule has 1 unspecified atom stereocenters. The minimum atomic E-state index is -0.288. The Hall–Kier alpha value is -0.860. The molecule has 0 amide bonds. The molecule has 0 bridgehead atoms. The highest BCUT2D eigenvalue weighted by atomic mass is 16.5. The summed E-state index contributed by atoms with van der Waals surface area (Å²) in [7, 11) is 1.36. The van der Waals surface area contributed by atoms with Gasteiger partial charge in [0.05, 0.1) is 13.5 Å². The van der Waals surface area contributed by atoms with Crippen molar-refractivity contribution in [1.29, 1.82) is 0 Å². The zero-order chi connectivity index (χ0) is 10.6. The predicted molar refractivity (Wildman–Crippen MR) is 52.8 cm³/mol. The standard InChI is InChI=1S/C11H18O3/c1-8(7-10(12)14-2)11(13)9-5-3-4-6-9/h8-9H,3-7H2,1-2H3. The van der Waals surface area contributed by atoms with Crippen molar-refractivity contribution in [3.8, 4) is 0 Å². The topological polar surface area (TPSA) is 43.4 Å². The van der Waals surface area contributed by atoms with Gasteiger partial charge in [0.15, 0.2) is 0 Å². The summed E-state index contributed by atoms with van der Waals surface area (Å²) < 4.78 is 4.54. The Morgan fingerprint density at radius 2 is 1.93 bits per heavy atom. The summed E-state index contributed by atoms with van der Waals surface area (Å²) in [4.78, 5) is 22.8. The van der Waals surface area contributed by atoms with Crippen LogP contribution in [0.3, 0.4) is 0 Å². The molecule has 0 heterocycles. The van der Waals surface area contributed by atoms with Gasteiger partial charge >= 0.3 is 5.97 Å². The molecule has 0 aromatic rings. The van der Waals surface area contributed by atoms with E-state index in [9.17, 15) is 9.59 Å². The van der Waals surface area contributed by atoms with Crippen molar-refractivity contribution in [3.63, 3.8) is 0 Å². The van der Waals surface area contributed by atoms with Crippen LogP contribution in [-0.4, -0.2) is 18.9 Å². The number of carbonyl (C=O) groups is 2. The summed E-state index contributed by atoms with van der Waals surface area (Å²) in [6.45, 7) is 1.82. The molecule has 80 valence electrons. The Bertz CT molecular complexity index is 217. The summed E-state index contributed by atoms with van der Waals surface area (Å²) in [5.41, 5.74) is 0. The van der Waals surface area contributed by atoms with E-state index in [2.05, 4.69) is 4.74 Å². The summed E-state index contributed by atoms with van der Waals surface area (Å²) in [5.74, 6) is -0.0167. The first-order valence-electron chi connectivity index (χ1n) is 5.25. The number of esters is 1. The van der Waals surface area contributed by atoms with Crippen LogP contribution in [-0.2, 0) is 14.3 Å². The van der Waals surface area contributed by atoms with Crippen molar-refractivity contribution >= 4 is 11.8 Å². The normalized spacial score (nSPS) is 19.3. The molecule has 0 aliphatic heterocycles. The van der Waals surface area contributed by atoms with Crippen LogP contribution in [0.15, 0.2) is 0 Å². The highest BCUT2D eigenvalue weighted by Gasteiger charge is 2.27. The smallest absolute Gasteiger partial charge is 0.306 e. The third-order valence-electron chi connectivity index (χ3n) is 2.94. The number of methoxy groups -OCH3 is 1. The lowest BCUT2D eigenvalue weighted by atomic mass is 9.91. The average molecular weight is 198 g/mol. The fourth-order valence-electron chi connectivity index (χ4n) is 2.05. The molecule has 3 nitrogen and oxygen atoms in total. The molecule has 1 rings (SSSR count). The van der Waals surface area contributed by atoms with Crippen LogP contribution in [0.25, 0.3) is 0 Å². The third-order valence-corrected chi connectivity index (χ3v) is 2.94. The second-order valence-electron chi connectivity index (χ2n) is 4.07. The molecule has 1 aliphatic rings. The number of ether oxygens (including phenoxy) is 1. The van der Waals surface area contributed by atoms with Gasteiger partial charge in [-0.1, -0.05) is 19.8 Å². The van der Waals surface area contributed by atoms with E-state index < -0.39 is 0 Å². The monoisotopic (exact) mass is 198 g/mol. The molecule has 0 aromatic carbocycles. The first-order chi connectivity index (χ1) is 6.65. The highest BCUT2D eigenvalue weighted by molar-refractivity contribution is 5.86. The molecule has 0 spiro atoms. The SMILES string of the molecule is COC(=O)CC(C)C(=O)C1CCCC1. The second-order valence-corrected chi connectivity index (χ2v) is 4.07. The molecular formula is C11H18O3. The van der Waals surface area contributed by atoms with Crippen molar-refractivity contribution in [1.82, 2.24) is 0 Å². The fraction of sp³-hybridized carbons (Fsp3) is 0.818. The van der Waals surface area contributed by atoms with E-state index in [4.69, 9.17) is 0 Å². The second kappa shape index (κ2) is 5.13. The van der Waals surface area contributed by atoms with Gasteiger partial charge in [-0.15, -0.1) is 0 Å². The van der Waals surface area contributed by atoms with E-state index >= 15 is 0 Å². The average Bonchev–Trinajstić information content (AvgIpc) is 2.69. The van der Waals surface area contributed by atoms with Crippen LogP contribution in [0.2, 0.25) is 0 Å². The number of hydrogen-bond donors (Lipinski definition) is 0. The van der Waals surface area contributed by atoms with E-state index in [1.807, 2.05) is 6.92 Å². The highest BCUT2D eigenvalue weighted by Crippen LogP contribution is 2.28. The van der Waals surface area contributed by atoms with Gasteiger partial charge in [-0.25, -0.2) is 0 Å². The molecule has 14 heavy (non-hydrogen) atoms. The van der Waals surface area contributed by atoms with Crippen molar-refractivity contribution in [2.75, 3.05) is 7.11 Å². The van der Waals surface area contributed by atoms with Crippen LogP contribution in [0.1, 0.15) is 39.0 Å². The quantitative estimate of drug-likeness (QED) is 0.648. The molecule has 3 heteroatoms.